The first-order valence-electron chi connectivity index (χ1n) is 5.88. The minimum absolute atomic E-state index is 0.0855. The van der Waals surface area contributed by atoms with Crippen molar-refractivity contribution >= 4 is 17.2 Å². The second-order valence-corrected chi connectivity index (χ2v) is 4.84. The summed E-state index contributed by atoms with van der Waals surface area (Å²) in [6, 6.07) is 4.03. The molecular weight excluding hydrogens is 248 g/mol. The standard InChI is InChI=1S/C13H20N2O2S/c1-3-6-14-10-13(16)15(7-8-17-2)11-12-5-4-9-18-12/h3-5,9,14H,1,6-8,10-11H2,2H3. The Labute approximate surface area is 112 Å². The van der Waals surface area contributed by atoms with Crippen molar-refractivity contribution in [3.05, 3.63) is 35.0 Å². The number of hydrogen-bond acceptors (Lipinski definition) is 4. The minimum atomic E-state index is 0.0855. The largest absolute Gasteiger partial charge is 0.383 e. The van der Waals surface area contributed by atoms with E-state index in [-0.39, 0.29) is 5.91 Å². The Hall–Kier alpha value is -1.17. The minimum Gasteiger partial charge on any atom is -0.383 e. The number of nitrogens with one attached hydrogen (secondary N) is 1. The quantitative estimate of drug-likeness (QED) is 0.545. The molecule has 1 heterocycles. The molecule has 0 bridgehead atoms. The molecule has 100 valence electrons. The van der Waals surface area contributed by atoms with E-state index in [4.69, 9.17) is 4.74 Å². The van der Waals surface area contributed by atoms with Crippen LogP contribution in [-0.2, 0) is 16.1 Å². The van der Waals surface area contributed by atoms with Crippen LogP contribution >= 0.6 is 11.3 Å². The van der Waals surface area contributed by atoms with Gasteiger partial charge in [-0.05, 0) is 11.4 Å². The van der Waals surface area contributed by atoms with Crippen LogP contribution in [0.1, 0.15) is 4.88 Å². The predicted octanol–water partition coefficient (Wildman–Crippen LogP) is 1.50. The average Bonchev–Trinajstić information content (AvgIpc) is 2.87. The lowest BCUT2D eigenvalue weighted by atomic mass is 10.3. The van der Waals surface area contributed by atoms with Crippen molar-refractivity contribution in [2.75, 3.05) is 33.4 Å². The molecule has 0 saturated carbocycles. The lowest BCUT2D eigenvalue weighted by molar-refractivity contribution is -0.131. The highest BCUT2D eigenvalue weighted by Gasteiger charge is 2.13. The van der Waals surface area contributed by atoms with Crippen molar-refractivity contribution in [1.82, 2.24) is 10.2 Å². The van der Waals surface area contributed by atoms with Gasteiger partial charge in [-0.15, -0.1) is 17.9 Å². The van der Waals surface area contributed by atoms with Crippen LogP contribution in [0.3, 0.4) is 0 Å². The summed E-state index contributed by atoms with van der Waals surface area (Å²) in [4.78, 5) is 15.0. The Bertz CT molecular complexity index is 352. The molecule has 1 N–H and O–H groups in total. The first kappa shape index (κ1) is 14.9. The predicted molar refractivity (Wildman–Crippen MR) is 74.7 cm³/mol. The highest BCUT2D eigenvalue weighted by molar-refractivity contribution is 7.09. The second kappa shape index (κ2) is 8.85. The van der Waals surface area contributed by atoms with Crippen LogP contribution in [-0.4, -0.2) is 44.2 Å². The zero-order valence-electron chi connectivity index (χ0n) is 10.7. The smallest absolute Gasteiger partial charge is 0.236 e. The van der Waals surface area contributed by atoms with E-state index in [1.165, 1.54) is 4.88 Å². The van der Waals surface area contributed by atoms with Crippen LogP contribution in [0, 0.1) is 0 Å². The number of carbonyl (C=O) groups excluding carboxylic acids is 1. The number of thiophene rings is 1. The fraction of sp³-hybridized carbons (Fsp3) is 0.462. The molecule has 0 aliphatic heterocycles. The number of nitrogens with zero attached hydrogens (tertiary/aromatic N) is 1. The lowest BCUT2D eigenvalue weighted by Crippen LogP contribution is -2.39. The second-order valence-electron chi connectivity index (χ2n) is 3.81. The fourth-order valence-corrected chi connectivity index (χ4v) is 2.20. The third-order valence-electron chi connectivity index (χ3n) is 2.41. The highest BCUT2D eigenvalue weighted by atomic mass is 32.1. The monoisotopic (exact) mass is 268 g/mol. The van der Waals surface area contributed by atoms with Gasteiger partial charge in [0.25, 0.3) is 0 Å². The number of methoxy groups -OCH3 is 1. The Morgan fingerprint density at radius 1 is 1.67 bits per heavy atom. The van der Waals surface area contributed by atoms with Gasteiger partial charge < -0.3 is 15.0 Å². The summed E-state index contributed by atoms with van der Waals surface area (Å²) >= 11 is 1.66. The van der Waals surface area contributed by atoms with E-state index in [1.54, 1.807) is 24.5 Å². The molecule has 0 fully saturated rings. The van der Waals surface area contributed by atoms with E-state index in [2.05, 4.69) is 11.9 Å². The van der Waals surface area contributed by atoms with Crippen molar-refractivity contribution in [3.63, 3.8) is 0 Å². The normalized spacial score (nSPS) is 10.3. The summed E-state index contributed by atoms with van der Waals surface area (Å²) in [6.45, 7) is 6.40. The molecule has 5 heteroatoms. The summed E-state index contributed by atoms with van der Waals surface area (Å²) in [6.07, 6.45) is 1.74. The molecule has 0 aliphatic rings. The summed E-state index contributed by atoms with van der Waals surface area (Å²) in [5, 5.41) is 5.04. The number of amides is 1. The maximum absolute atomic E-state index is 12.0. The number of ether oxygens (including phenoxy) is 1. The van der Waals surface area contributed by atoms with Crippen molar-refractivity contribution in [2.45, 2.75) is 6.54 Å². The van der Waals surface area contributed by atoms with Gasteiger partial charge in [-0.1, -0.05) is 12.1 Å². The van der Waals surface area contributed by atoms with E-state index in [0.29, 0.717) is 32.8 Å². The first-order valence-corrected chi connectivity index (χ1v) is 6.76. The Balaban J connectivity index is 2.48. The molecule has 1 aromatic rings. The molecule has 1 amide bonds. The molecule has 0 aromatic carbocycles. The molecule has 4 nitrogen and oxygen atoms in total. The van der Waals surface area contributed by atoms with Gasteiger partial charge in [0.05, 0.1) is 19.7 Å². The zero-order chi connectivity index (χ0) is 13.2. The molecule has 18 heavy (non-hydrogen) atoms. The number of hydrogen-bond donors (Lipinski definition) is 1. The van der Waals surface area contributed by atoms with Gasteiger partial charge in [-0.25, -0.2) is 0 Å². The van der Waals surface area contributed by atoms with Crippen LogP contribution in [0.25, 0.3) is 0 Å². The van der Waals surface area contributed by atoms with Gasteiger partial charge >= 0.3 is 0 Å². The maximum atomic E-state index is 12.0. The third kappa shape index (κ3) is 5.44. The molecule has 0 aliphatic carbocycles. The van der Waals surface area contributed by atoms with Gasteiger partial charge in [0.15, 0.2) is 0 Å². The molecule has 0 saturated heterocycles. The molecule has 0 spiro atoms. The Morgan fingerprint density at radius 3 is 3.11 bits per heavy atom. The number of rotatable bonds is 9. The summed E-state index contributed by atoms with van der Waals surface area (Å²) in [7, 11) is 1.64. The van der Waals surface area contributed by atoms with Crippen LogP contribution in [0.5, 0.6) is 0 Å². The van der Waals surface area contributed by atoms with E-state index >= 15 is 0 Å². The van der Waals surface area contributed by atoms with Crippen molar-refractivity contribution < 1.29 is 9.53 Å². The molecule has 1 aromatic heterocycles. The molecule has 1 rings (SSSR count). The first-order chi connectivity index (χ1) is 8.77. The summed E-state index contributed by atoms with van der Waals surface area (Å²) in [5.41, 5.74) is 0. The molecule has 0 radical (unpaired) electrons. The van der Waals surface area contributed by atoms with E-state index in [9.17, 15) is 4.79 Å². The summed E-state index contributed by atoms with van der Waals surface area (Å²) < 4.78 is 5.04. The Kier molecular flexibility index (Phi) is 7.32. The summed E-state index contributed by atoms with van der Waals surface area (Å²) in [5.74, 6) is 0.0855. The van der Waals surface area contributed by atoms with E-state index in [1.807, 2.05) is 22.4 Å². The van der Waals surface area contributed by atoms with Gasteiger partial charge in [-0.3, -0.25) is 4.79 Å². The SMILES string of the molecule is C=CCNCC(=O)N(CCOC)Cc1cccs1. The highest BCUT2D eigenvalue weighted by Crippen LogP contribution is 2.11. The van der Waals surface area contributed by atoms with E-state index in [0.717, 1.165) is 0 Å². The van der Waals surface area contributed by atoms with Crippen molar-refractivity contribution in [3.8, 4) is 0 Å². The Morgan fingerprint density at radius 2 is 2.50 bits per heavy atom. The fourth-order valence-electron chi connectivity index (χ4n) is 1.48. The third-order valence-corrected chi connectivity index (χ3v) is 3.27. The van der Waals surface area contributed by atoms with Crippen molar-refractivity contribution in [1.29, 1.82) is 0 Å². The zero-order valence-corrected chi connectivity index (χ0v) is 11.5. The number of carbonyl (C=O) groups is 1. The van der Waals surface area contributed by atoms with Crippen LogP contribution < -0.4 is 5.32 Å². The van der Waals surface area contributed by atoms with Crippen LogP contribution in [0.4, 0.5) is 0 Å². The molecule has 0 unspecified atom stereocenters. The lowest BCUT2D eigenvalue weighted by Gasteiger charge is -2.21. The van der Waals surface area contributed by atoms with Crippen molar-refractivity contribution in [2.24, 2.45) is 0 Å². The van der Waals surface area contributed by atoms with Gasteiger partial charge in [0, 0.05) is 25.1 Å². The van der Waals surface area contributed by atoms with E-state index < -0.39 is 0 Å². The molecular formula is C13H20N2O2S. The average molecular weight is 268 g/mol. The topological polar surface area (TPSA) is 41.6 Å². The van der Waals surface area contributed by atoms with Crippen LogP contribution in [0.15, 0.2) is 30.2 Å². The van der Waals surface area contributed by atoms with Gasteiger partial charge in [-0.2, -0.15) is 0 Å². The molecule has 0 atom stereocenters. The van der Waals surface area contributed by atoms with Gasteiger partial charge in [0.1, 0.15) is 0 Å². The van der Waals surface area contributed by atoms with Crippen LogP contribution in [0.2, 0.25) is 0 Å². The van der Waals surface area contributed by atoms with Gasteiger partial charge in [0.2, 0.25) is 5.91 Å². The maximum Gasteiger partial charge on any atom is 0.236 e.